The SMILES string of the molecule is CC(=O)NCC1CCN(c2nc(Cl)ncc2N)CC1. The topological polar surface area (TPSA) is 84.1 Å². The van der Waals surface area contributed by atoms with Gasteiger partial charge in [0.2, 0.25) is 11.2 Å². The van der Waals surface area contributed by atoms with Gasteiger partial charge < -0.3 is 16.0 Å². The highest BCUT2D eigenvalue weighted by atomic mass is 35.5. The molecule has 1 fully saturated rings. The average molecular weight is 284 g/mol. The lowest BCUT2D eigenvalue weighted by molar-refractivity contribution is -0.119. The second-order valence-electron chi connectivity index (χ2n) is 4.79. The van der Waals surface area contributed by atoms with E-state index in [4.69, 9.17) is 17.3 Å². The molecule has 0 spiro atoms. The number of rotatable bonds is 3. The zero-order valence-corrected chi connectivity index (χ0v) is 11.7. The van der Waals surface area contributed by atoms with Gasteiger partial charge in [-0.05, 0) is 30.4 Å². The lowest BCUT2D eigenvalue weighted by Crippen LogP contribution is -2.38. The van der Waals surface area contributed by atoms with Gasteiger partial charge in [-0.1, -0.05) is 0 Å². The van der Waals surface area contributed by atoms with Gasteiger partial charge in [-0.25, -0.2) is 4.98 Å². The van der Waals surface area contributed by atoms with Crippen LogP contribution in [-0.4, -0.2) is 35.5 Å². The Morgan fingerprint density at radius 2 is 2.26 bits per heavy atom. The van der Waals surface area contributed by atoms with Crippen LogP contribution in [0.4, 0.5) is 11.5 Å². The van der Waals surface area contributed by atoms with Gasteiger partial charge in [-0.15, -0.1) is 0 Å². The molecule has 0 bridgehead atoms. The number of nitrogens with one attached hydrogen (secondary N) is 1. The number of piperidine rings is 1. The molecule has 2 heterocycles. The van der Waals surface area contributed by atoms with Gasteiger partial charge in [0.25, 0.3) is 0 Å². The minimum atomic E-state index is 0.0225. The minimum Gasteiger partial charge on any atom is -0.394 e. The Morgan fingerprint density at radius 1 is 1.58 bits per heavy atom. The maximum Gasteiger partial charge on any atom is 0.224 e. The lowest BCUT2D eigenvalue weighted by Gasteiger charge is -2.33. The highest BCUT2D eigenvalue weighted by Gasteiger charge is 2.22. The summed E-state index contributed by atoms with van der Waals surface area (Å²) in [4.78, 5) is 21.0. The molecule has 1 amide bonds. The normalized spacial score (nSPS) is 16.4. The number of nitrogens with two attached hydrogens (primary N) is 1. The quantitative estimate of drug-likeness (QED) is 0.811. The summed E-state index contributed by atoms with van der Waals surface area (Å²) < 4.78 is 0. The monoisotopic (exact) mass is 283 g/mol. The van der Waals surface area contributed by atoms with Crippen LogP contribution < -0.4 is 16.0 Å². The van der Waals surface area contributed by atoms with Crippen molar-refractivity contribution in [2.24, 2.45) is 5.92 Å². The maximum absolute atomic E-state index is 10.9. The van der Waals surface area contributed by atoms with Crippen molar-refractivity contribution < 1.29 is 4.79 Å². The van der Waals surface area contributed by atoms with Crippen LogP contribution in [0.15, 0.2) is 6.20 Å². The fraction of sp³-hybridized carbons (Fsp3) is 0.583. The number of carbonyl (C=O) groups is 1. The van der Waals surface area contributed by atoms with Crippen molar-refractivity contribution in [2.75, 3.05) is 30.3 Å². The van der Waals surface area contributed by atoms with Gasteiger partial charge in [-0.3, -0.25) is 4.79 Å². The molecule has 0 radical (unpaired) electrons. The summed E-state index contributed by atoms with van der Waals surface area (Å²) in [5.74, 6) is 1.24. The lowest BCUT2D eigenvalue weighted by atomic mass is 9.97. The van der Waals surface area contributed by atoms with E-state index in [-0.39, 0.29) is 11.2 Å². The fourth-order valence-electron chi connectivity index (χ4n) is 2.25. The van der Waals surface area contributed by atoms with Gasteiger partial charge in [-0.2, -0.15) is 4.98 Å². The zero-order chi connectivity index (χ0) is 13.8. The molecule has 6 nitrogen and oxygen atoms in total. The van der Waals surface area contributed by atoms with Gasteiger partial charge >= 0.3 is 0 Å². The zero-order valence-electron chi connectivity index (χ0n) is 10.9. The molecule has 0 atom stereocenters. The van der Waals surface area contributed by atoms with Crippen molar-refractivity contribution in [3.63, 3.8) is 0 Å². The Morgan fingerprint density at radius 3 is 2.89 bits per heavy atom. The van der Waals surface area contributed by atoms with E-state index in [1.807, 2.05) is 0 Å². The van der Waals surface area contributed by atoms with E-state index in [0.29, 0.717) is 17.4 Å². The predicted octanol–water partition coefficient (Wildman–Crippen LogP) is 1.06. The number of anilines is 2. The highest BCUT2D eigenvalue weighted by Crippen LogP contribution is 2.26. The highest BCUT2D eigenvalue weighted by molar-refractivity contribution is 6.28. The van der Waals surface area contributed by atoms with Crippen molar-refractivity contribution >= 4 is 29.0 Å². The van der Waals surface area contributed by atoms with Crippen molar-refractivity contribution in [1.29, 1.82) is 0 Å². The summed E-state index contributed by atoms with van der Waals surface area (Å²) in [7, 11) is 0. The molecule has 0 aliphatic carbocycles. The number of amides is 1. The Bertz CT molecular complexity index is 459. The molecular weight excluding hydrogens is 266 g/mol. The first kappa shape index (κ1) is 13.9. The molecule has 0 saturated carbocycles. The fourth-order valence-corrected chi connectivity index (χ4v) is 2.38. The van der Waals surface area contributed by atoms with Crippen LogP contribution in [0.1, 0.15) is 19.8 Å². The predicted molar refractivity (Wildman–Crippen MR) is 75.1 cm³/mol. The van der Waals surface area contributed by atoms with Crippen LogP contribution in [0.5, 0.6) is 0 Å². The maximum atomic E-state index is 10.9. The summed E-state index contributed by atoms with van der Waals surface area (Å²) in [6.45, 7) is 4.01. The van der Waals surface area contributed by atoms with Crippen molar-refractivity contribution in [3.05, 3.63) is 11.5 Å². The van der Waals surface area contributed by atoms with Crippen LogP contribution in [-0.2, 0) is 4.79 Å². The molecule has 104 valence electrons. The summed E-state index contributed by atoms with van der Waals surface area (Å²) in [5, 5.41) is 3.07. The molecule has 1 aliphatic rings. The standard InChI is InChI=1S/C12H18ClN5O/c1-8(19)15-6-9-2-4-18(5-3-9)11-10(14)7-16-12(13)17-11/h7,9H,2-6,14H2,1H3,(H,15,19). The molecular formula is C12H18ClN5O. The summed E-state index contributed by atoms with van der Waals surface area (Å²) in [6.07, 6.45) is 3.54. The first-order valence-corrected chi connectivity index (χ1v) is 6.71. The third kappa shape index (κ3) is 3.70. The molecule has 3 N–H and O–H groups in total. The molecule has 2 rings (SSSR count). The molecule has 1 aromatic rings. The van der Waals surface area contributed by atoms with Gasteiger partial charge in [0.1, 0.15) is 0 Å². The molecule has 1 aromatic heterocycles. The number of nitrogens with zero attached hydrogens (tertiary/aromatic N) is 3. The van der Waals surface area contributed by atoms with Gasteiger partial charge in [0, 0.05) is 26.6 Å². The number of hydrogen-bond acceptors (Lipinski definition) is 5. The van der Waals surface area contributed by atoms with Crippen LogP contribution in [0.2, 0.25) is 5.28 Å². The third-order valence-corrected chi connectivity index (χ3v) is 3.50. The molecule has 0 unspecified atom stereocenters. The van der Waals surface area contributed by atoms with E-state index in [1.54, 1.807) is 6.92 Å². The van der Waals surface area contributed by atoms with Gasteiger partial charge in [0.15, 0.2) is 5.82 Å². The Kier molecular flexibility index (Phi) is 4.42. The van der Waals surface area contributed by atoms with Crippen molar-refractivity contribution in [2.45, 2.75) is 19.8 Å². The van der Waals surface area contributed by atoms with E-state index in [9.17, 15) is 4.79 Å². The van der Waals surface area contributed by atoms with E-state index >= 15 is 0 Å². The smallest absolute Gasteiger partial charge is 0.224 e. The molecule has 7 heteroatoms. The minimum absolute atomic E-state index is 0.0225. The average Bonchev–Trinajstić information content (AvgIpc) is 2.40. The first-order chi connectivity index (χ1) is 9.06. The van der Waals surface area contributed by atoms with E-state index in [0.717, 1.165) is 32.5 Å². The number of halogens is 1. The largest absolute Gasteiger partial charge is 0.394 e. The van der Waals surface area contributed by atoms with Crippen LogP contribution >= 0.6 is 11.6 Å². The first-order valence-electron chi connectivity index (χ1n) is 6.33. The van der Waals surface area contributed by atoms with Crippen LogP contribution in [0, 0.1) is 5.92 Å². The number of nitrogen functional groups attached to an aromatic ring is 1. The second-order valence-corrected chi connectivity index (χ2v) is 5.12. The van der Waals surface area contributed by atoms with Gasteiger partial charge in [0.05, 0.1) is 11.9 Å². The molecule has 0 aromatic carbocycles. The second kappa shape index (κ2) is 6.06. The van der Waals surface area contributed by atoms with E-state index < -0.39 is 0 Å². The molecule has 19 heavy (non-hydrogen) atoms. The number of hydrogen-bond donors (Lipinski definition) is 2. The Labute approximate surface area is 117 Å². The third-order valence-electron chi connectivity index (χ3n) is 3.32. The van der Waals surface area contributed by atoms with Crippen molar-refractivity contribution in [3.8, 4) is 0 Å². The number of carbonyl (C=O) groups excluding carboxylic acids is 1. The van der Waals surface area contributed by atoms with E-state index in [1.165, 1.54) is 6.20 Å². The number of aromatic nitrogens is 2. The van der Waals surface area contributed by atoms with Crippen LogP contribution in [0.3, 0.4) is 0 Å². The Balaban J connectivity index is 1.92. The summed E-state index contributed by atoms with van der Waals surface area (Å²) in [6, 6.07) is 0. The van der Waals surface area contributed by atoms with E-state index in [2.05, 4.69) is 20.2 Å². The Hall–Kier alpha value is -1.56. The molecule has 1 saturated heterocycles. The van der Waals surface area contributed by atoms with Crippen molar-refractivity contribution in [1.82, 2.24) is 15.3 Å². The summed E-state index contributed by atoms with van der Waals surface area (Å²) in [5.41, 5.74) is 6.42. The summed E-state index contributed by atoms with van der Waals surface area (Å²) >= 11 is 5.80. The van der Waals surface area contributed by atoms with Crippen LogP contribution in [0.25, 0.3) is 0 Å². The molecule has 1 aliphatic heterocycles.